The number of hydrogen-bond donors (Lipinski definition) is 3. The first-order valence-electron chi connectivity index (χ1n) is 10.6. The quantitative estimate of drug-likeness (QED) is 0.261. The van der Waals surface area contributed by atoms with Gasteiger partial charge in [0.25, 0.3) is 5.91 Å². The lowest BCUT2D eigenvalue weighted by atomic mass is 10.1. The highest BCUT2D eigenvalue weighted by atomic mass is 32.2. The Kier molecular flexibility index (Phi) is 7.64. The number of ether oxygens (including phenoxy) is 1. The van der Waals surface area contributed by atoms with Crippen molar-refractivity contribution in [3.63, 3.8) is 0 Å². The zero-order valence-electron chi connectivity index (χ0n) is 18.6. The number of hydrogen-bond acceptors (Lipinski definition) is 7. The second kappa shape index (κ2) is 11.0. The van der Waals surface area contributed by atoms with Crippen LogP contribution in [-0.2, 0) is 4.79 Å². The fraction of sp³-hybridized carbons (Fsp3) is 0.120. The van der Waals surface area contributed by atoms with Crippen LogP contribution in [0.15, 0.2) is 71.6 Å². The number of amides is 2. The first kappa shape index (κ1) is 24.2. The second-order valence-corrected chi connectivity index (χ2v) is 9.33. The lowest BCUT2D eigenvalue weighted by Gasteiger charge is -2.08. The molecule has 3 N–H and O–H groups in total. The minimum atomic E-state index is -1.16. The number of benzene rings is 3. The molecule has 8 nitrogen and oxygen atoms in total. The van der Waals surface area contributed by atoms with Gasteiger partial charge < -0.3 is 20.5 Å². The Labute approximate surface area is 209 Å². The molecule has 3 aromatic carbocycles. The van der Waals surface area contributed by atoms with Crippen LogP contribution in [0.1, 0.15) is 27.6 Å². The maximum Gasteiger partial charge on any atom is 0.336 e. The first-order valence-corrected chi connectivity index (χ1v) is 12.4. The monoisotopic (exact) mass is 507 g/mol. The van der Waals surface area contributed by atoms with Gasteiger partial charge in [-0.2, -0.15) is 0 Å². The topological polar surface area (TPSA) is 118 Å². The number of carboxylic acids is 1. The van der Waals surface area contributed by atoms with Crippen molar-refractivity contribution >= 4 is 61.9 Å². The van der Waals surface area contributed by atoms with Crippen molar-refractivity contribution in [3.8, 4) is 5.75 Å². The standard InChI is InChI=1S/C25H21N3O5S2/c1-2-33-16-9-12-20-21(13-16)35-25(27-20)28-22(29)14-34-17-10-7-15(8-11-17)26-23(30)18-5-3-4-6-19(18)24(31)32/h3-13H,2,14H2,1H3,(H,26,30)(H,31,32)(H,27,28,29). The van der Waals surface area contributed by atoms with Crippen LogP contribution in [-0.4, -0.2) is 40.2 Å². The van der Waals surface area contributed by atoms with Crippen molar-refractivity contribution < 1.29 is 24.2 Å². The van der Waals surface area contributed by atoms with Crippen molar-refractivity contribution in [1.29, 1.82) is 0 Å². The Balaban J connectivity index is 1.31. The molecular weight excluding hydrogens is 486 g/mol. The molecule has 1 aromatic heterocycles. The van der Waals surface area contributed by atoms with Gasteiger partial charge in [-0.25, -0.2) is 9.78 Å². The van der Waals surface area contributed by atoms with E-state index < -0.39 is 11.9 Å². The number of fused-ring (bicyclic) bond motifs is 1. The summed E-state index contributed by atoms with van der Waals surface area (Å²) in [5.74, 6) is -0.893. The van der Waals surface area contributed by atoms with E-state index in [0.717, 1.165) is 20.9 Å². The van der Waals surface area contributed by atoms with Gasteiger partial charge in [0.15, 0.2) is 5.13 Å². The predicted molar refractivity (Wildman–Crippen MR) is 138 cm³/mol. The zero-order valence-corrected chi connectivity index (χ0v) is 20.2. The third kappa shape index (κ3) is 6.17. The summed E-state index contributed by atoms with van der Waals surface area (Å²) in [7, 11) is 0. The third-order valence-corrected chi connectivity index (χ3v) is 6.75. The first-order chi connectivity index (χ1) is 16.9. The van der Waals surface area contributed by atoms with Crippen molar-refractivity contribution in [2.45, 2.75) is 11.8 Å². The maximum absolute atomic E-state index is 12.5. The fourth-order valence-electron chi connectivity index (χ4n) is 3.22. The number of carboxylic acid groups (broad SMARTS) is 1. The Morgan fingerprint density at radius 3 is 2.46 bits per heavy atom. The molecule has 0 bridgehead atoms. The molecular formula is C25H21N3O5S2. The molecule has 1 heterocycles. The van der Waals surface area contributed by atoms with Gasteiger partial charge in [-0.05, 0) is 61.5 Å². The van der Waals surface area contributed by atoms with Crippen LogP contribution in [0.5, 0.6) is 5.75 Å². The summed E-state index contributed by atoms with van der Waals surface area (Å²) in [4.78, 5) is 41.5. The Bertz CT molecular complexity index is 1390. The number of carbonyl (C=O) groups is 3. The SMILES string of the molecule is CCOc1ccc2nc(NC(=O)CSc3ccc(NC(=O)c4ccccc4C(=O)O)cc3)sc2c1. The van der Waals surface area contributed by atoms with Crippen LogP contribution in [0.4, 0.5) is 10.8 Å². The molecule has 0 radical (unpaired) electrons. The van der Waals surface area contributed by atoms with Crippen molar-refractivity contribution in [3.05, 3.63) is 77.9 Å². The number of aromatic nitrogens is 1. The molecule has 4 aromatic rings. The van der Waals surface area contributed by atoms with Crippen molar-refractivity contribution in [2.75, 3.05) is 23.0 Å². The van der Waals surface area contributed by atoms with E-state index in [1.807, 2.05) is 25.1 Å². The van der Waals surface area contributed by atoms with E-state index >= 15 is 0 Å². The van der Waals surface area contributed by atoms with E-state index in [0.29, 0.717) is 17.4 Å². The molecule has 4 rings (SSSR count). The molecule has 0 saturated heterocycles. The summed E-state index contributed by atoms with van der Waals surface area (Å²) in [5.41, 5.74) is 1.33. The van der Waals surface area contributed by atoms with Crippen molar-refractivity contribution in [1.82, 2.24) is 4.98 Å². The number of rotatable bonds is 9. The highest BCUT2D eigenvalue weighted by Gasteiger charge is 2.16. The zero-order chi connectivity index (χ0) is 24.8. The molecule has 0 aliphatic heterocycles. The molecule has 0 aliphatic carbocycles. The Morgan fingerprint density at radius 1 is 1.00 bits per heavy atom. The molecule has 0 atom stereocenters. The highest BCUT2D eigenvalue weighted by molar-refractivity contribution is 8.00. The van der Waals surface area contributed by atoms with Crippen LogP contribution in [0.2, 0.25) is 0 Å². The van der Waals surface area contributed by atoms with Crippen LogP contribution < -0.4 is 15.4 Å². The molecule has 35 heavy (non-hydrogen) atoms. The second-order valence-electron chi connectivity index (χ2n) is 7.25. The van der Waals surface area contributed by atoms with Gasteiger partial charge in [0.1, 0.15) is 5.75 Å². The molecule has 178 valence electrons. The number of thiazole rings is 1. The molecule has 0 spiro atoms. The highest BCUT2D eigenvalue weighted by Crippen LogP contribution is 2.29. The van der Waals surface area contributed by atoms with Gasteiger partial charge in [-0.15, -0.1) is 11.8 Å². The normalized spacial score (nSPS) is 10.7. The Morgan fingerprint density at radius 2 is 1.74 bits per heavy atom. The Hall–Kier alpha value is -3.89. The van der Waals surface area contributed by atoms with Gasteiger partial charge in [-0.1, -0.05) is 23.5 Å². The number of nitrogens with one attached hydrogen (secondary N) is 2. The number of anilines is 2. The molecule has 0 unspecified atom stereocenters. The predicted octanol–water partition coefficient (Wildman–Crippen LogP) is 5.38. The largest absolute Gasteiger partial charge is 0.494 e. The van der Waals surface area contributed by atoms with Crippen LogP contribution in [0.3, 0.4) is 0 Å². The van der Waals surface area contributed by atoms with Gasteiger partial charge in [0, 0.05) is 10.6 Å². The molecule has 2 amide bonds. The van der Waals surface area contributed by atoms with E-state index in [-0.39, 0.29) is 22.8 Å². The number of thioether (sulfide) groups is 1. The molecule has 0 fully saturated rings. The number of nitrogens with zero attached hydrogens (tertiary/aromatic N) is 1. The number of aromatic carboxylic acids is 1. The van der Waals surface area contributed by atoms with E-state index in [1.165, 1.54) is 35.2 Å². The molecule has 0 saturated carbocycles. The summed E-state index contributed by atoms with van der Waals surface area (Å²) in [6.45, 7) is 2.50. The average Bonchev–Trinajstić information content (AvgIpc) is 3.25. The fourth-order valence-corrected chi connectivity index (χ4v) is 4.83. The van der Waals surface area contributed by atoms with E-state index in [9.17, 15) is 19.5 Å². The molecule has 0 aliphatic rings. The van der Waals surface area contributed by atoms with Crippen LogP contribution in [0.25, 0.3) is 10.2 Å². The van der Waals surface area contributed by atoms with Gasteiger partial charge >= 0.3 is 5.97 Å². The van der Waals surface area contributed by atoms with Crippen LogP contribution >= 0.6 is 23.1 Å². The van der Waals surface area contributed by atoms with Gasteiger partial charge in [-0.3, -0.25) is 9.59 Å². The lowest BCUT2D eigenvalue weighted by Crippen LogP contribution is -2.16. The minimum Gasteiger partial charge on any atom is -0.494 e. The molecule has 10 heteroatoms. The van der Waals surface area contributed by atoms with E-state index in [1.54, 1.807) is 36.4 Å². The lowest BCUT2D eigenvalue weighted by molar-refractivity contribution is -0.113. The van der Waals surface area contributed by atoms with E-state index in [4.69, 9.17) is 4.74 Å². The third-order valence-electron chi connectivity index (χ3n) is 4.80. The summed E-state index contributed by atoms with van der Waals surface area (Å²) >= 11 is 2.73. The summed E-state index contributed by atoms with van der Waals surface area (Å²) in [6, 6.07) is 18.6. The maximum atomic E-state index is 12.5. The van der Waals surface area contributed by atoms with Crippen LogP contribution in [0, 0.1) is 0 Å². The summed E-state index contributed by atoms with van der Waals surface area (Å²) in [5, 5.41) is 15.3. The van der Waals surface area contributed by atoms with Gasteiger partial charge in [0.2, 0.25) is 5.91 Å². The van der Waals surface area contributed by atoms with E-state index in [2.05, 4.69) is 15.6 Å². The average molecular weight is 508 g/mol. The van der Waals surface area contributed by atoms with Gasteiger partial charge in [0.05, 0.1) is 33.7 Å². The number of carbonyl (C=O) groups excluding carboxylic acids is 2. The van der Waals surface area contributed by atoms with Crippen molar-refractivity contribution in [2.24, 2.45) is 0 Å². The summed E-state index contributed by atoms with van der Waals surface area (Å²) < 4.78 is 6.43. The minimum absolute atomic E-state index is 0.0638. The smallest absolute Gasteiger partial charge is 0.336 e. The summed E-state index contributed by atoms with van der Waals surface area (Å²) in [6.07, 6.45) is 0.